The number of anilines is 1. The molecule has 2 N–H and O–H groups in total. The van der Waals surface area contributed by atoms with E-state index in [4.69, 9.17) is 28.2 Å². The van der Waals surface area contributed by atoms with Crippen LogP contribution in [0.25, 0.3) is 22.6 Å². The summed E-state index contributed by atoms with van der Waals surface area (Å²) in [5, 5.41) is 6.91. The number of benzene rings is 2. The van der Waals surface area contributed by atoms with Crippen LogP contribution in [-0.4, -0.2) is 16.0 Å². The molecule has 7 rings (SSSR count). The topological polar surface area (TPSA) is 67.2 Å². The third-order valence-corrected chi connectivity index (χ3v) is 9.02. The van der Waals surface area contributed by atoms with Crippen molar-refractivity contribution in [1.29, 1.82) is 0 Å². The highest BCUT2D eigenvalue weighted by Crippen LogP contribution is 2.61. The van der Waals surface area contributed by atoms with Gasteiger partial charge in [-0.05, 0) is 116 Å². The zero-order chi connectivity index (χ0) is 25.0. The lowest BCUT2D eigenvalue weighted by atomic mass is 9.49. The highest BCUT2D eigenvalue weighted by molar-refractivity contribution is 7.80. The molecule has 36 heavy (non-hydrogen) atoms. The third-order valence-electron chi connectivity index (χ3n) is 8.49. The van der Waals surface area contributed by atoms with E-state index < -0.39 is 0 Å². The van der Waals surface area contributed by atoms with Crippen molar-refractivity contribution in [3.63, 3.8) is 0 Å². The van der Waals surface area contributed by atoms with Gasteiger partial charge in [0.05, 0.1) is 10.6 Å². The van der Waals surface area contributed by atoms with Gasteiger partial charge >= 0.3 is 0 Å². The number of thiocarbonyl (C=S) groups is 1. The number of rotatable bonds is 5. The molecule has 0 atom stereocenters. The van der Waals surface area contributed by atoms with Crippen LogP contribution < -0.4 is 10.6 Å². The number of oxazole rings is 1. The molecule has 4 aliphatic rings. The molecule has 1 aromatic heterocycles. The summed E-state index contributed by atoms with van der Waals surface area (Å²) in [6.45, 7) is 4.30. The first kappa shape index (κ1) is 23.9. The minimum Gasteiger partial charge on any atom is -0.436 e. The summed E-state index contributed by atoms with van der Waals surface area (Å²) in [4.78, 5) is 17.6. The molecule has 0 unspecified atom stereocenters. The predicted molar refractivity (Wildman–Crippen MR) is 148 cm³/mol. The monoisotopic (exact) mass is 521 g/mol. The standard InChI is InChI=1S/C29H32ClN3O2S/c1-16(2)20-3-6-25-24(10-20)32-27(35-25)22-11-21(4-5-23(22)30)31-28(36)33-26(34)15-29-12-17-7-18(13-29)9-19(8-17)14-29/h3-6,10-11,16-19H,7-9,12-15H2,1-2H3,(H2,31,33,34,36). The zero-order valence-electron chi connectivity index (χ0n) is 20.8. The van der Waals surface area contributed by atoms with Gasteiger partial charge in [-0.3, -0.25) is 4.79 Å². The summed E-state index contributed by atoms with van der Waals surface area (Å²) in [7, 11) is 0. The number of carbonyl (C=O) groups excluding carboxylic acids is 1. The molecule has 0 saturated heterocycles. The molecular weight excluding hydrogens is 490 g/mol. The fourth-order valence-electron chi connectivity index (χ4n) is 7.37. The van der Waals surface area contributed by atoms with Gasteiger partial charge in [0.25, 0.3) is 0 Å². The van der Waals surface area contributed by atoms with Gasteiger partial charge in [0.15, 0.2) is 10.7 Å². The fourth-order valence-corrected chi connectivity index (χ4v) is 7.80. The first-order valence-corrected chi connectivity index (χ1v) is 13.9. The number of hydrogen-bond donors (Lipinski definition) is 2. The van der Waals surface area contributed by atoms with E-state index >= 15 is 0 Å². The highest BCUT2D eigenvalue weighted by atomic mass is 35.5. The Morgan fingerprint density at radius 3 is 2.47 bits per heavy atom. The van der Waals surface area contributed by atoms with Crippen LogP contribution in [0, 0.1) is 23.2 Å². The molecule has 0 radical (unpaired) electrons. The van der Waals surface area contributed by atoms with Crippen molar-refractivity contribution < 1.29 is 9.21 Å². The predicted octanol–water partition coefficient (Wildman–Crippen LogP) is 7.69. The second-order valence-electron chi connectivity index (χ2n) is 11.7. The van der Waals surface area contributed by atoms with E-state index in [1.807, 2.05) is 18.2 Å². The molecule has 4 bridgehead atoms. The van der Waals surface area contributed by atoms with Crippen LogP contribution in [0.3, 0.4) is 0 Å². The number of amides is 1. The van der Waals surface area contributed by atoms with Crippen LogP contribution in [0.2, 0.25) is 5.02 Å². The summed E-state index contributed by atoms with van der Waals surface area (Å²) in [5.41, 5.74) is 4.31. The number of halogens is 1. The molecule has 4 fully saturated rings. The van der Waals surface area contributed by atoms with Crippen molar-refractivity contribution in [1.82, 2.24) is 10.3 Å². The minimum atomic E-state index is 0.0172. The van der Waals surface area contributed by atoms with E-state index in [0.717, 1.165) is 34.5 Å². The molecule has 0 aliphatic heterocycles. The average molecular weight is 522 g/mol. The van der Waals surface area contributed by atoms with E-state index in [1.165, 1.54) is 44.1 Å². The Kier molecular flexibility index (Phi) is 6.08. The summed E-state index contributed by atoms with van der Waals surface area (Å²) < 4.78 is 6.00. The van der Waals surface area contributed by atoms with Gasteiger partial charge in [-0.15, -0.1) is 0 Å². The molecule has 2 aromatic carbocycles. The molecule has 3 aromatic rings. The Morgan fingerprint density at radius 1 is 1.11 bits per heavy atom. The Labute approximate surface area is 222 Å². The highest BCUT2D eigenvalue weighted by Gasteiger charge is 2.51. The van der Waals surface area contributed by atoms with Gasteiger partial charge in [-0.2, -0.15) is 0 Å². The molecule has 1 heterocycles. The van der Waals surface area contributed by atoms with Crippen molar-refractivity contribution in [3.8, 4) is 11.5 Å². The number of carbonyl (C=O) groups is 1. The van der Waals surface area contributed by atoms with Crippen LogP contribution in [0.5, 0.6) is 0 Å². The quantitative estimate of drug-likeness (QED) is 0.337. The van der Waals surface area contributed by atoms with Crippen LogP contribution in [0.4, 0.5) is 5.69 Å². The van der Waals surface area contributed by atoms with Gasteiger partial charge < -0.3 is 15.1 Å². The van der Waals surface area contributed by atoms with Gasteiger partial charge in [-0.1, -0.05) is 31.5 Å². The first-order chi connectivity index (χ1) is 17.2. The minimum absolute atomic E-state index is 0.0172. The Balaban J connectivity index is 1.13. The molecule has 188 valence electrons. The second-order valence-corrected chi connectivity index (χ2v) is 12.5. The molecule has 0 spiro atoms. The number of nitrogens with zero attached hydrogens (tertiary/aromatic N) is 1. The molecule has 7 heteroatoms. The van der Waals surface area contributed by atoms with Crippen LogP contribution >= 0.6 is 23.8 Å². The smallest absolute Gasteiger partial charge is 0.228 e. The van der Waals surface area contributed by atoms with Crippen molar-refractivity contribution >= 4 is 51.6 Å². The van der Waals surface area contributed by atoms with Crippen molar-refractivity contribution in [2.45, 2.75) is 64.7 Å². The van der Waals surface area contributed by atoms with Crippen molar-refractivity contribution in [2.24, 2.45) is 23.2 Å². The molecule has 5 nitrogen and oxygen atoms in total. The molecule has 4 saturated carbocycles. The van der Waals surface area contributed by atoms with Gasteiger partial charge in [0, 0.05) is 12.1 Å². The summed E-state index contributed by atoms with van der Waals surface area (Å²) >= 11 is 12.0. The maximum absolute atomic E-state index is 13.0. The fraction of sp³-hybridized carbons (Fsp3) is 0.483. The van der Waals surface area contributed by atoms with E-state index in [0.29, 0.717) is 33.9 Å². The van der Waals surface area contributed by atoms with Crippen LogP contribution in [0.1, 0.15) is 70.3 Å². The lowest BCUT2D eigenvalue weighted by Crippen LogP contribution is -2.48. The Hall–Kier alpha value is -2.44. The maximum Gasteiger partial charge on any atom is 0.228 e. The molecule has 1 amide bonds. The van der Waals surface area contributed by atoms with Gasteiger partial charge in [0.2, 0.25) is 11.8 Å². The van der Waals surface area contributed by atoms with Gasteiger partial charge in [-0.25, -0.2) is 4.98 Å². The third kappa shape index (κ3) is 4.66. The SMILES string of the molecule is CC(C)c1ccc2oc(-c3cc(NC(=S)NC(=O)CC45CC6CC(CC(C6)C4)C5)ccc3Cl)nc2c1. The normalized spacial score (nSPS) is 26.5. The Morgan fingerprint density at radius 2 is 1.81 bits per heavy atom. The number of fused-ring (bicyclic) bond motifs is 1. The van der Waals surface area contributed by atoms with Crippen LogP contribution in [0.15, 0.2) is 40.8 Å². The lowest BCUT2D eigenvalue weighted by molar-refractivity contribution is -0.127. The summed E-state index contributed by atoms with van der Waals surface area (Å²) in [6.07, 6.45) is 8.31. The van der Waals surface area contributed by atoms with Crippen LogP contribution in [-0.2, 0) is 4.79 Å². The van der Waals surface area contributed by atoms with Crippen molar-refractivity contribution in [2.75, 3.05) is 5.32 Å². The largest absolute Gasteiger partial charge is 0.436 e. The molecular formula is C29H32ClN3O2S. The van der Waals surface area contributed by atoms with Crippen molar-refractivity contribution in [3.05, 3.63) is 47.0 Å². The summed E-state index contributed by atoms with van der Waals surface area (Å²) in [6, 6.07) is 11.5. The van der Waals surface area contributed by atoms with E-state index in [-0.39, 0.29) is 11.3 Å². The lowest BCUT2D eigenvalue weighted by Gasteiger charge is -2.56. The second kappa shape index (κ2) is 9.14. The van der Waals surface area contributed by atoms with E-state index in [1.54, 1.807) is 6.07 Å². The Bertz CT molecular complexity index is 1310. The van der Waals surface area contributed by atoms with E-state index in [9.17, 15) is 4.79 Å². The zero-order valence-corrected chi connectivity index (χ0v) is 22.3. The number of nitrogens with one attached hydrogen (secondary N) is 2. The summed E-state index contributed by atoms with van der Waals surface area (Å²) in [5.74, 6) is 3.35. The average Bonchev–Trinajstić information content (AvgIpc) is 3.22. The number of hydrogen-bond acceptors (Lipinski definition) is 4. The number of aromatic nitrogens is 1. The first-order valence-electron chi connectivity index (χ1n) is 13.1. The van der Waals surface area contributed by atoms with Gasteiger partial charge in [0.1, 0.15) is 5.52 Å². The van der Waals surface area contributed by atoms with E-state index in [2.05, 4.69) is 41.6 Å². The molecule has 4 aliphatic carbocycles. The maximum atomic E-state index is 13.0.